The lowest BCUT2D eigenvalue weighted by Gasteiger charge is -2.34. The molecular formula is C20H21N7O2. The molecule has 4 heterocycles. The predicted molar refractivity (Wildman–Crippen MR) is 108 cm³/mol. The van der Waals surface area contributed by atoms with Crippen molar-refractivity contribution in [3.63, 3.8) is 0 Å². The molecule has 3 aromatic rings. The van der Waals surface area contributed by atoms with Gasteiger partial charge in [0.05, 0.1) is 5.52 Å². The van der Waals surface area contributed by atoms with Crippen molar-refractivity contribution in [2.24, 2.45) is 0 Å². The summed E-state index contributed by atoms with van der Waals surface area (Å²) in [7, 11) is 0. The fourth-order valence-electron chi connectivity index (χ4n) is 3.31. The van der Waals surface area contributed by atoms with Crippen LogP contribution in [0.5, 0.6) is 0 Å². The summed E-state index contributed by atoms with van der Waals surface area (Å²) in [4.78, 5) is 42.3. The van der Waals surface area contributed by atoms with E-state index in [4.69, 9.17) is 0 Å². The van der Waals surface area contributed by atoms with E-state index in [0.29, 0.717) is 44.2 Å². The van der Waals surface area contributed by atoms with Gasteiger partial charge in [0.25, 0.3) is 11.8 Å². The third kappa shape index (κ3) is 3.66. The zero-order valence-electron chi connectivity index (χ0n) is 15.9. The number of carbonyl (C=O) groups excluding carboxylic acids is 2. The summed E-state index contributed by atoms with van der Waals surface area (Å²) in [6, 6.07) is 7.18. The van der Waals surface area contributed by atoms with E-state index < -0.39 is 0 Å². The van der Waals surface area contributed by atoms with E-state index in [-0.39, 0.29) is 23.3 Å². The number of nitrogens with zero attached hydrogens (tertiary/aromatic N) is 6. The van der Waals surface area contributed by atoms with Gasteiger partial charge in [-0.1, -0.05) is 12.1 Å². The van der Waals surface area contributed by atoms with Gasteiger partial charge in [0.1, 0.15) is 0 Å². The van der Waals surface area contributed by atoms with Crippen LogP contribution in [-0.2, 0) is 0 Å². The lowest BCUT2D eigenvalue weighted by atomic mass is 10.2. The Kier molecular flexibility index (Phi) is 5.19. The first-order chi connectivity index (χ1) is 14.2. The first-order valence-corrected chi connectivity index (χ1v) is 9.36. The minimum absolute atomic E-state index is 0.183. The lowest BCUT2D eigenvalue weighted by Crippen LogP contribution is -2.49. The number of fused-ring (bicyclic) bond motifs is 1. The molecule has 3 aromatic heterocycles. The minimum atomic E-state index is -0.351. The van der Waals surface area contributed by atoms with Crippen molar-refractivity contribution in [3.8, 4) is 0 Å². The van der Waals surface area contributed by atoms with Crippen molar-refractivity contribution >= 4 is 23.3 Å². The third-order valence-electron chi connectivity index (χ3n) is 4.76. The second-order valence-electron chi connectivity index (χ2n) is 6.57. The molecule has 2 amide bonds. The van der Waals surface area contributed by atoms with Crippen molar-refractivity contribution in [2.45, 2.75) is 0 Å². The largest absolute Gasteiger partial charge is 0.346 e. The van der Waals surface area contributed by atoms with Crippen LogP contribution in [0.4, 0.5) is 5.95 Å². The number of hydrogen-bond donors (Lipinski definition) is 1. The zero-order valence-corrected chi connectivity index (χ0v) is 15.9. The minimum Gasteiger partial charge on any atom is -0.346 e. The molecule has 0 bridgehead atoms. The quantitative estimate of drug-likeness (QED) is 0.652. The summed E-state index contributed by atoms with van der Waals surface area (Å²) in [5.41, 5.74) is 0.883. The Morgan fingerprint density at radius 3 is 2.59 bits per heavy atom. The second kappa shape index (κ2) is 8.09. The van der Waals surface area contributed by atoms with Crippen LogP contribution < -0.4 is 10.2 Å². The fourth-order valence-corrected chi connectivity index (χ4v) is 3.31. The number of pyridine rings is 1. The highest BCUT2D eigenvalue weighted by Crippen LogP contribution is 2.17. The summed E-state index contributed by atoms with van der Waals surface area (Å²) >= 11 is 0. The van der Waals surface area contributed by atoms with E-state index in [1.54, 1.807) is 52.2 Å². The topological polar surface area (TPSA) is 95.7 Å². The molecule has 1 aliphatic rings. The summed E-state index contributed by atoms with van der Waals surface area (Å²) in [5.74, 6) is 0.302. The number of amides is 2. The standard InChI is InChI=1S/C20H21N7O2/c1-2-7-21-18(28)17-24-16(15-6-3-4-10-27(15)17)19(29)25-11-13-26(14-12-25)20-22-8-5-9-23-20/h2-6,8-10H,1,7,11-14H2,(H,21,28). The number of rotatable bonds is 5. The van der Waals surface area contributed by atoms with Gasteiger partial charge in [0.15, 0.2) is 5.69 Å². The van der Waals surface area contributed by atoms with Crippen LogP contribution in [0.15, 0.2) is 55.5 Å². The molecule has 148 valence electrons. The van der Waals surface area contributed by atoms with Crippen molar-refractivity contribution < 1.29 is 9.59 Å². The number of hydrogen-bond acceptors (Lipinski definition) is 6. The molecule has 1 fully saturated rings. The van der Waals surface area contributed by atoms with E-state index in [1.165, 1.54) is 0 Å². The summed E-state index contributed by atoms with van der Waals surface area (Å²) < 4.78 is 1.64. The van der Waals surface area contributed by atoms with Gasteiger partial charge in [0, 0.05) is 51.3 Å². The Morgan fingerprint density at radius 2 is 1.86 bits per heavy atom. The van der Waals surface area contributed by atoms with E-state index >= 15 is 0 Å². The van der Waals surface area contributed by atoms with Crippen LogP contribution in [0.2, 0.25) is 0 Å². The molecule has 9 nitrogen and oxygen atoms in total. The first-order valence-electron chi connectivity index (χ1n) is 9.36. The Hall–Kier alpha value is -3.75. The van der Waals surface area contributed by atoms with Gasteiger partial charge in [-0.2, -0.15) is 0 Å². The number of carbonyl (C=O) groups is 2. The van der Waals surface area contributed by atoms with Crippen molar-refractivity contribution in [1.29, 1.82) is 0 Å². The van der Waals surface area contributed by atoms with E-state index in [9.17, 15) is 9.59 Å². The van der Waals surface area contributed by atoms with Gasteiger partial charge in [-0.3, -0.25) is 14.0 Å². The first kappa shape index (κ1) is 18.6. The van der Waals surface area contributed by atoms with Crippen molar-refractivity contribution in [3.05, 3.63) is 67.0 Å². The Labute approximate surface area is 167 Å². The summed E-state index contributed by atoms with van der Waals surface area (Å²) in [6.07, 6.45) is 6.73. The van der Waals surface area contributed by atoms with Crippen LogP contribution in [0.25, 0.3) is 5.52 Å². The molecule has 0 atom stereocenters. The average Bonchev–Trinajstić information content (AvgIpc) is 3.17. The maximum atomic E-state index is 13.2. The summed E-state index contributed by atoms with van der Waals surface area (Å²) in [6.45, 7) is 6.25. The maximum Gasteiger partial charge on any atom is 0.287 e. The predicted octanol–water partition coefficient (Wildman–Crippen LogP) is 1.00. The van der Waals surface area contributed by atoms with Gasteiger partial charge >= 0.3 is 0 Å². The number of piperazine rings is 1. The van der Waals surface area contributed by atoms with Gasteiger partial charge in [-0.25, -0.2) is 15.0 Å². The molecule has 4 rings (SSSR count). The van der Waals surface area contributed by atoms with Gasteiger partial charge in [-0.15, -0.1) is 6.58 Å². The molecular weight excluding hydrogens is 370 g/mol. The normalized spacial score (nSPS) is 14.1. The molecule has 1 N–H and O–H groups in total. The number of anilines is 1. The maximum absolute atomic E-state index is 13.2. The van der Waals surface area contributed by atoms with Crippen LogP contribution in [0, 0.1) is 0 Å². The SMILES string of the molecule is C=CCNC(=O)c1nc(C(=O)N2CCN(c3ncccn3)CC2)c2ccccn12. The Bertz CT molecular complexity index is 1040. The highest BCUT2D eigenvalue weighted by atomic mass is 16.2. The number of imidazole rings is 1. The average molecular weight is 391 g/mol. The van der Waals surface area contributed by atoms with Gasteiger partial charge in [0.2, 0.25) is 11.8 Å². The van der Waals surface area contributed by atoms with E-state index in [0.717, 1.165) is 0 Å². The van der Waals surface area contributed by atoms with Crippen molar-refractivity contribution in [1.82, 2.24) is 29.6 Å². The fraction of sp³-hybridized carbons (Fsp3) is 0.250. The van der Waals surface area contributed by atoms with Crippen LogP contribution in [0.1, 0.15) is 21.1 Å². The van der Waals surface area contributed by atoms with Crippen LogP contribution in [0.3, 0.4) is 0 Å². The van der Waals surface area contributed by atoms with Gasteiger partial charge < -0.3 is 15.1 Å². The molecule has 0 aromatic carbocycles. The van der Waals surface area contributed by atoms with Crippen molar-refractivity contribution in [2.75, 3.05) is 37.6 Å². The highest BCUT2D eigenvalue weighted by molar-refractivity contribution is 6.02. The zero-order chi connectivity index (χ0) is 20.2. The highest BCUT2D eigenvalue weighted by Gasteiger charge is 2.28. The molecule has 0 aliphatic carbocycles. The van der Waals surface area contributed by atoms with Crippen LogP contribution >= 0.6 is 0 Å². The molecule has 29 heavy (non-hydrogen) atoms. The van der Waals surface area contributed by atoms with Gasteiger partial charge in [-0.05, 0) is 18.2 Å². The number of aromatic nitrogens is 4. The van der Waals surface area contributed by atoms with E-state index in [2.05, 4.69) is 26.8 Å². The van der Waals surface area contributed by atoms with Crippen LogP contribution in [-0.4, -0.2) is 68.8 Å². The molecule has 1 saturated heterocycles. The molecule has 1 aliphatic heterocycles. The molecule has 0 saturated carbocycles. The Balaban J connectivity index is 1.55. The molecule has 0 radical (unpaired) electrons. The lowest BCUT2D eigenvalue weighted by molar-refractivity contribution is 0.0743. The molecule has 0 spiro atoms. The second-order valence-corrected chi connectivity index (χ2v) is 6.57. The smallest absolute Gasteiger partial charge is 0.287 e. The third-order valence-corrected chi connectivity index (χ3v) is 4.76. The van der Waals surface area contributed by atoms with E-state index in [1.807, 2.05) is 11.0 Å². The molecule has 0 unspecified atom stereocenters. The monoisotopic (exact) mass is 391 g/mol. The summed E-state index contributed by atoms with van der Waals surface area (Å²) in [5, 5.41) is 2.71. The number of nitrogens with one attached hydrogen (secondary N) is 1. The Morgan fingerprint density at radius 1 is 1.10 bits per heavy atom. The molecule has 9 heteroatoms.